The molecule has 1 N–H and O–H groups in total. The van der Waals surface area contributed by atoms with Crippen molar-refractivity contribution in [3.05, 3.63) is 48.6 Å². The topological polar surface area (TPSA) is 23.5 Å². The average Bonchev–Trinajstić information content (AvgIpc) is 3.00. The number of hydrogen-bond acceptors (Lipinski definition) is 2. The SMILES string of the molecule is CCCCC/C=C\C/C=C\CCCCCCCCN(CCCCCCCC/C=C\C/C=C\CCCCC)CC(C)CO. The maximum Gasteiger partial charge on any atom is 0.0468 e. The third-order valence-corrected chi connectivity index (χ3v) is 8.23. The zero-order valence-electron chi connectivity index (χ0n) is 28.9. The largest absolute Gasteiger partial charge is 0.396 e. The Kier molecular flexibility index (Phi) is 35.1. The first-order valence-electron chi connectivity index (χ1n) is 18.7. The molecule has 0 heterocycles. The van der Waals surface area contributed by atoms with E-state index in [-0.39, 0.29) is 0 Å². The first kappa shape index (κ1) is 40.9. The molecule has 0 aromatic carbocycles. The van der Waals surface area contributed by atoms with E-state index in [9.17, 15) is 5.11 Å². The summed E-state index contributed by atoms with van der Waals surface area (Å²) in [5.41, 5.74) is 0. The monoisotopic (exact) mass is 586 g/mol. The van der Waals surface area contributed by atoms with Crippen LogP contribution in [0, 0.1) is 5.92 Å². The minimum absolute atomic E-state index is 0.309. The zero-order chi connectivity index (χ0) is 30.6. The van der Waals surface area contributed by atoms with E-state index < -0.39 is 0 Å². The van der Waals surface area contributed by atoms with Gasteiger partial charge in [-0.25, -0.2) is 0 Å². The van der Waals surface area contributed by atoms with Gasteiger partial charge in [0.05, 0.1) is 0 Å². The van der Waals surface area contributed by atoms with Crippen molar-refractivity contribution >= 4 is 0 Å². The predicted octanol–water partition coefficient (Wildman–Crippen LogP) is 12.5. The first-order chi connectivity index (χ1) is 20.7. The molecule has 0 saturated carbocycles. The number of hydrogen-bond donors (Lipinski definition) is 1. The highest BCUT2D eigenvalue weighted by Crippen LogP contribution is 2.12. The van der Waals surface area contributed by atoms with Crippen molar-refractivity contribution in [2.45, 2.75) is 175 Å². The molecule has 0 aliphatic rings. The fourth-order valence-electron chi connectivity index (χ4n) is 5.44. The van der Waals surface area contributed by atoms with Gasteiger partial charge in [-0.1, -0.05) is 146 Å². The molecule has 0 rings (SSSR count). The van der Waals surface area contributed by atoms with E-state index in [1.165, 1.54) is 154 Å². The van der Waals surface area contributed by atoms with E-state index in [0.717, 1.165) is 19.4 Å². The maximum atomic E-state index is 9.57. The normalized spacial score (nSPS) is 13.3. The quantitative estimate of drug-likeness (QED) is 0.0611. The Morgan fingerprint density at radius 2 is 0.786 bits per heavy atom. The van der Waals surface area contributed by atoms with Crippen LogP contribution < -0.4 is 0 Å². The summed E-state index contributed by atoms with van der Waals surface area (Å²) in [7, 11) is 0. The van der Waals surface area contributed by atoms with Crippen LogP contribution in [0.1, 0.15) is 175 Å². The van der Waals surface area contributed by atoms with Gasteiger partial charge in [-0.2, -0.15) is 0 Å². The molecule has 0 saturated heterocycles. The van der Waals surface area contributed by atoms with Gasteiger partial charge in [0.2, 0.25) is 0 Å². The smallest absolute Gasteiger partial charge is 0.0468 e. The lowest BCUT2D eigenvalue weighted by Crippen LogP contribution is -2.32. The van der Waals surface area contributed by atoms with Crippen molar-refractivity contribution in [1.29, 1.82) is 0 Å². The van der Waals surface area contributed by atoms with E-state index in [4.69, 9.17) is 0 Å². The fraction of sp³-hybridized carbons (Fsp3) is 0.800. The number of aliphatic hydroxyl groups excluding tert-OH is 1. The molecule has 0 spiro atoms. The molecule has 2 heteroatoms. The molecule has 0 fully saturated rings. The molecular formula is C40H75NO. The third-order valence-electron chi connectivity index (χ3n) is 8.23. The van der Waals surface area contributed by atoms with Crippen LogP contribution in [0.25, 0.3) is 0 Å². The Hall–Kier alpha value is -1.12. The van der Waals surface area contributed by atoms with Crippen LogP contribution in [0.2, 0.25) is 0 Å². The van der Waals surface area contributed by atoms with E-state index in [0.29, 0.717) is 12.5 Å². The Morgan fingerprint density at radius 1 is 0.452 bits per heavy atom. The molecule has 0 amide bonds. The van der Waals surface area contributed by atoms with Crippen LogP contribution in [-0.4, -0.2) is 36.2 Å². The van der Waals surface area contributed by atoms with Crippen LogP contribution in [0.5, 0.6) is 0 Å². The van der Waals surface area contributed by atoms with Gasteiger partial charge in [0.15, 0.2) is 0 Å². The Labute approximate surface area is 265 Å². The Balaban J connectivity index is 3.72. The molecule has 0 aliphatic carbocycles. The van der Waals surface area contributed by atoms with Gasteiger partial charge in [-0.05, 0) is 96.1 Å². The van der Waals surface area contributed by atoms with Crippen LogP contribution in [0.3, 0.4) is 0 Å². The lowest BCUT2D eigenvalue weighted by Gasteiger charge is -2.25. The summed E-state index contributed by atoms with van der Waals surface area (Å²) in [6, 6.07) is 0. The van der Waals surface area contributed by atoms with Crippen LogP contribution >= 0.6 is 0 Å². The highest BCUT2D eigenvalue weighted by atomic mass is 16.3. The number of nitrogens with zero attached hydrogens (tertiary/aromatic N) is 1. The summed E-state index contributed by atoms with van der Waals surface area (Å²) in [6.07, 6.45) is 50.3. The van der Waals surface area contributed by atoms with E-state index in [1.807, 2.05) is 0 Å². The summed E-state index contributed by atoms with van der Waals surface area (Å²) in [5.74, 6) is 0.388. The third kappa shape index (κ3) is 33.4. The molecule has 42 heavy (non-hydrogen) atoms. The van der Waals surface area contributed by atoms with Gasteiger partial charge in [0.1, 0.15) is 0 Å². The zero-order valence-corrected chi connectivity index (χ0v) is 28.9. The average molecular weight is 586 g/mol. The van der Waals surface area contributed by atoms with E-state index >= 15 is 0 Å². The highest BCUT2D eigenvalue weighted by molar-refractivity contribution is 4.93. The molecule has 246 valence electrons. The summed E-state index contributed by atoms with van der Waals surface area (Å²) in [4.78, 5) is 2.63. The molecule has 0 aromatic rings. The van der Waals surface area contributed by atoms with Crippen molar-refractivity contribution in [1.82, 2.24) is 4.90 Å². The maximum absolute atomic E-state index is 9.57. The second-order valence-corrected chi connectivity index (χ2v) is 12.8. The minimum Gasteiger partial charge on any atom is -0.396 e. The Morgan fingerprint density at radius 3 is 1.14 bits per heavy atom. The summed E-state index contributed by atoms with van der Waals surface area (Å²) in [6.45, 7) is 10.5. The summed E-state index contributed by atoms with van der Waals surface area (Å²) >= 11 is 0. The van der Waals surface area contributed by atoms with Crippen molar-refractivity contribution in [2.24, 2.45) is 5.92 Å². The molecule has 1 unspecified atom stereocenters. The first-order valence-corrected chi connectivity index (χ1v) is 18.7. The van der Waals surface area contributed by atoms with Crippen LogP contribution in [-0.2, 0) is 0 Å². The molecule has 0 aliphatic heterocycles. The Bertz CT molecular complexity index is 571. The van der Waals surface area contributed by atoms with Crippen molar-refractivity contribution in [2.75, 3.05) is 26.2 Å². The minimum atomic E-state index is 0.309. The van der Waals surface area contributed by atoms with Gasteiger partial charge in [-0.3, -0.25) is 0 Å². The second-order valence-electron chi connectivity index (χ2n) is 12.8. The highest BCUT2D eigenvalue weighted by Gasteiger charge is 2.09. The van der Waals surface area contributed by atoms with Crippen molar-refractivity contribution in [3.63, 3.8) is 0 Å². The number of allylic oxidation sites excluding steroid dienone is 8. The van der Waals surface area contributed by atoms with Gasteiger partial charge < -0.3 is 10.0 Å². The molecule has 1 atom stereocenters. The fourth-order valence-corrected chi connectivity index (χ4v) is 5.44. The lowest BCUT2D eigenvalue weighted by atomic mass is 10.1. The van der Waals surface area contributed by atoms with Crippen molar-refractivity contribution in [3.8, 4) is 0 Å². The molecule has 2 nitrogen and oxygen atoms in total. The number of aliphatic hydroxyl groups is 1. The van der Waals surface area contributed by atoms with Gasteiger partial charge in [0, 0.05) is 13.2 Å². The van der Waals surface area contributed by atoms with Crippen LogP contribution in [0.4, 0.5) is 0 Å². The van der Waals surface area contributed by atoms with E-state index in [2.05, 4.69) is 74.3 Å². The van der Waals surface area contributed by atoms with Gasteiger partial charge in [-0.15, -0.1) is 0 Å². The lowest BCUT2D eigenvalue weighted by molar-refractivity contribution is 0.169. The standard InChI is InChI=1S/C40H75NO/c1-4-6-8-10-12-14-16-18-20-22-24-26-28-30-32-34-36-41(38-40(3)39-42)37-35-33-31-29-27-25-23-21-19-17-15-13-11-9-7-5-2/h12-15,18-21,40,42H,4-11,16-17,22-39H2,1-3H3/b14-12-,15-13-,20-18-,21-19-. The predicted molar refractivity (Wildman–Crippen MR) is 191 cm³/mol. The summed E-state index contributed by atoms with van der Waals surface area (Å²) in [5, 5.41) is 9.57. The van der Waals surface area contributed by atoms with Crippen LogP contribution in [0.15, 0.2) is 48.6 Å². The van der Waals surface area contributed by atoms with Gasteiger partial charge >= 0.3 is 0 Å². The molecular weight excluding hydrogens is 510 g/mol. The van der Waals surface area contributed by atoms with Gasteiger partial charge in [0.25, 0.3) is 0 Å². The molecule has 0 aromatic heterocycles. The second kappa shape index (κ2) is 36.1. The van der Waals surface area contributed by atoms with E-state index in [1.54, 1.807) is 0 Å². The summed E-state index contributed by atoms with van der Waals surface area (Å²) < 4.78 is 0. The molecule has 0 bridgehead atoms. The number of rotatable bonds is 33. The number of unbranched alkanes of at least 4 members (excludes halogenated alkanes) is 18. The van der Waals surface area contributed by atoms with Crippen molar-refractivity contribution < 1.29 is 5.11 Å². The molecule has 0 radical (unpaired) electrons.